The van der Waals surface area contributed by atoms with Crippen molar-refractivity contribution >= 4 is 27.6 Å². The second-order valence-corrected chi connectivity index (χ2v) is 10.7. The quantitative estimate of drug-likeness (QED) is 0.530. The fourth-order valence-corrected chi connectivity index (χ4v) is 5.17. The van der Waals surface area contributed by atoms with Crippen LogP contribution in [0, 0.1) is 17.7 Å². The van der Waals surface area contributed by atoms with Crippen LogP contribution in [0.3, 0.4) is 0 Å². The van der Waals surface area contributed by atoms with E-state index in [1.165, 1.54) is 30.3 Å². The van der Waals surface area contributed by atoms with Gasteiger partial charge in [0, 0.05) is 37.4 Å². The molecule has 1 atom stereocenters. The first-order chi connectivity index (χ1) is 16.3. The highest BCUT2D eigenvalue weighted by atomic mass is 32.2. The molecule has 0 spiro atoms. The largest absolute Gasteiger partial charge is 0.338 e. The average molecular weight is 489 g/mol. The molecule has 2 aromatic rings. The van der Waals surface area contributed by atoms with Crippen molar-refractivity contribution in [3.8, 4) is 0 Å². The molecule has 10 heteroatoms. The maximum Gasteiger partial charge on any atom is 0.319 e. The highest BCUT2D eigenvalue weighted by Crippen LogP contribution is 2.28. The summed E-state index contributed by atoms with van der Waals surface area (Å²) in [7, 11) is -3.66. The molecule has 1 heterocycles. The Morgan fingerprint density at radius 2 is 1.79 bits per heavy atom. The minimum atomic E-state index is -3.66. The van der Waals surface area contributed by atoms with Gasteiger partial charge >= 0.3 is 6.03 Å². The molecule has 0 bridgehead atoms. The van der Waals surface area contributed by atoms with Crippen LogP contribution < -0.4 is 15.4 Å². The van der Waals surface area contributed by atoms with Crippen molar-refractivity contribution in [1.82, 2.24) is 14.9 Å². The molecule has 1 unspecified atom stereocenters. The summed E-state index contributed by atoms with van der Waals surface area (Å²) < 4.78 is 41.0. The van der Waals surface area contributed by atoms with Crippen LogP contribution >= 0.6 is 0 Å². The number of nitrogens with zero attached hydrogens (tertiary/aromatic N) is 1. The maximum absolute atomic E-state index is 13.3. The van der Waals surface area contributed by atoms with E-state index in [9.17, 15) is 22.4 Å². The topological polar surface area (TPSA) is 108 Å². The Morgan fingerprint density at radius 3 is 2.56 bits per heavy atom. The number of carbonyl (C=O) groups excluding carboxylic acids is 2. The van der Waals surface area contributed by atoms with Crippen molar-refractivity contribution in [2.24, 2.45) is 11.8 Å². The number of hydrogen-bond donors (Lipinski definition) is 3. The van der Waals surface area contributed by atoms with Gasteiger partial charge < -0.3 is 15.5 Å². The summed E-state index contributed by atoms with van der Waals surface area (Å²) >= 11 is 0. The van der Waals surface area contributed by atoms with Crippen LogP contribution in [0.2, 0.25) is 0 Å². The van der Waals surface area contributed by atoms with Crippen molar-refractivity contribution in [3.05, 3.63) is 59.9 Å². The Balaban J connectivity index is 1.32. The predicted molar refractivity (Wildman–Crippen MR) is 126 cm³/mol. The van der Waals surface area contributed by atoms with Gasteiger partial charge in [-0.05, 0) is 73.9 Å². The molecule has 2 aliphatic rings. The summed E-state index contributed by atoms with van der Waals surface area (Å²) in [6.07, 6.45) is 3.71. The number of piperidine rings is 1. The number of amides is 3. The van der Waals surface area contributed by atoms with Crippen molar-refractivity contribution in [2.45, 2.75) is 30.6 Å². The molecule has 3 amide bonds. The van der Waals surface area contributed by atoms with E-state index >= 15 is 0 Å². The summed E-state index contributed by atoms with van der Waals surface area (Å²) in [4.78, 5) is 27.0. The molecule has 1 aliphatic heterocycles. The van der Waals surface area contributed by atoms with E-state index in [2.05, 4.69) is 15.4 Å². The number of likely N-dealkylation sites (tertiary alicyclic amines) is 1. The SMILES string of the molecule is O=C(NCC1CCCN(C(=O)c2cccc(S(=O)(=O)NCC3CC3)c2)C1)Nc1cccc(F)c1. The monoisotopic (exact) mass is 488 g/mol. The number of anilines is 1. The van der Waals surface area contributed by atoms with E-state index in [-0.39, 0.29) is 16.7 Å². The fraction of sp³-hybridized carbons (Fsp3) is 0.417. The number of halogens is 1. The van der Waals surface area contributed by atoms with E-state index < -0.39 is 21.9 Å². The lowest BCUT2D eigenvalue weighted by molar-refractivity contribution is 0.0675. The van der Waals surface area contributed by atoms with E-state index in [0.717, 1.165) is 25.7 Å². The lowest BCUT2D eigenvalue weighted by Gasteiger charge is -2.33. The number of benzene rings is 2. The van der Waals surface area contributed by atoms with Crippen LogP contribution in [0.5, 0.6) is 0 Å². The van der Waals surface area contributed by atoms with E-state index in [1.54, 1.807) is 23.1 Å². The summed E-state index contributed by atoms with van der Waals surface area (Å²) in [6, 6.07) is 11.3. The molecule has 182 valence electrons. The third kappa shape index (κ3) is 6.54. The van der Waals surface area contributed by atoms with Crippen molar-refractivity contribution in [1.29, 1.82) is 0 Å². The van der Waals surface area contributed by atoms with Gasteiger partial charge in [-0.3, -0.25) is 4.79 Å². The number of sulfonamides is 1. The molecule has 3 N–H and O–H groups in total. The second kappa shape index (κ2) is 10.5. The van der Waals surface area contributed by atoms with Crippen LogP contribution in [-0.4, -0.2) is 51.4 Å². The van der Waals surface area contributed by atoms with Gasteiger partial charge in [0.25, 0.3) is 5.91 Å². The first-order valence-corrected chi connectivity index (χ1v) is 13.0. The molecule has 0 radical (unpaired) electrons. The Morgan fingerprint density at radius 1 is 1.00 bits per heavy atom. The fourth-order valence-electron chi connectivity index (χ4n) is 4.01. The highest BCUT2D eigenvalue weighted by Gasteiger charge is 2.27. The van der Waals surface area contributed by atoms with Crippen LogP contribution in [-0.2, 0) is 10.0 Å². The molecule has 8 nitrogen and oxygen atoms in total. The third-order valence-electron chi connectivity index (χ3n) is 6.09. The Labute approximate surface area is 199 Å². The summed E-state index contributed by atoms with van der Waals surface area (Å²) in [5.41, 5.74) is 0.686. The van der Waals surface area contributed by atoms with Gasteiger partial charge in [-0.1, -0.05) is 12.1 Å². The molecule has 34 heavy (non-hydrogen) atoms. The average Bonchev–Trinajstić information content (AvgIpc) is 3.66. The van der Waals surface area contributed by atoms with E-state index in [1.807, 2.05) is 0 Å². The van der Waals surface area contributed by atoms with Gasteiger partial charge in [0.15, 0.2) is 0 Å². The van der Waals surface area contributed by atoms with Crippen LogP contribution in [0.15, 0.2) is 53.4 Å². The zero-order chi connectivity index (χ0) is 24.1. The standard InChI is InChI=1S/C24H29FN4O4S/c25-20-6-2-7-21(13-20)28-24(31)26-14-18-4-3-11-29(16-18)23(30)19-5-1-8-22(12-19)34(32,33)27-15-17-9-10-17/h1-2,5-8,12-13,17-18,27H,3-4,9-11,14-16H2,(H2,26,28,31). The van der Waals surface area contributed by atoms with Crippen molar-refractivity contribution in [2.75, 3.05) is 31.5 Å². The molecular formula is C24H29FN4O4S. The predicted octanol–water partition coefficient (Wildman–Crippen LogP) is 3.19. The van der Waals surface area contributed by atoms with Crippen molar-refractivity contribution < 1.29 is 22.4 Å². The second-order valence-electron chi connectivity index (χ2n) is 8.93. The van der Waals surface area contributed by atoms with Gasteiger partial charge in [-0.15, -0.1) is 0 Å². The summed E-state index contributed by atoms with van der Waals surface area (Å²) in [5, 5.41) is 5.37. The van der Waals surface area contributed by atoms with Gasteiger partial charge in [0.1, 0.15) is 5.82 Å². The Hall–Kier alpha value is -2.98. The number of hydrogen-bond acceptors (Lipinski definition) is 4. The molecule has 1 saturated carbocycles. The Kier molecular flexibility index (Phi) is 7.47. The summed E-state index contributed by atoms with van der Waals surface area (Å²) in [6.45, 7) is 1.82. The molecule has 4 rings (SSSR count). The lowest BCUT2D eigenvalue weighted by atomic mass is 9.97. The smallest absolute Gasteiger partial charge is 0.319 e. The molecule has 2 fully saturated rings. The molecular weight excluding hydrogens is 459 g/mol. The van der Waals surface area contributed by atoms with Gasteiger partial charge in [0.2, 0.25) is 10.0 Å². The minimum absolute atomic E-state index is 0.0584. The molecule has 2 aromatic carbocycles. The highest BCUT2D eigenvalue weighted by molar-refractivity contribution is 7.89. The first-order valence-electron chi connectivity index (χ1n) is 11.5. The van der Waals surface area contributed by atoms with E-state index in [4.69, 9.17) is 0 Å². The van der Waals surface area contributed by atoms with Crippen molar-refractivity contribution in [3.63, 3.8) is 0 Å². The normalized spacial score (nSPS) is 18.4. The van der Waals surface area contributed by atoms with Gasteiger partial charge in [0.05, 0.1) is 4.90 Å². The minimum Gasteiger partial charge on any atom is -0.338 e. The number of rotatable bonds is 8. The molecule has 0 aromatic heterocycles. The number of urea groups is 1. The lowest BCUT2D eigenvalue weighted by Crippen LogP contribution is -2.44. The first kappa shape index (κ1) is 24.2. The van der Waals surface area contributed by atoms with Gasteiger partial charge in [-0.2, -0.15) is 0 Å². The Bertz CT molecular complexity index is 1150. The summed E-state index contributed by atoms with van der Waals surface area (Å²) in [5.74, 6) is -0.194. The third-order valence-corrected chi connectivity index (χ3v) is 7.51. The van der Waals surface area contributed by atoms with Crippen LogP contribution in [0.4, 0.5) is 14.9 Å². The maximum atomic E-state index is 13.3. The zero-order valence-electron chi connectivity index (χ0n) is 18.8. The van der Waals surface area contributed by atoms with Crippen LogP contribution in [0.25, 0.3) is 0 Å². The molecule has 1 aliphatic carbocycles. The zero-order valence-corrected chi connectivity index (χ0v) is 19.6. The van der Waals surface area contributed by atoms with E-state index in [0.29, 0.717) is 43.3 Å². The van der Waals surface area contributed by atoms with Gasteiger partial charge in [-0.25, -0.2) is 22.3 Å². The van der Waals surface area contributed by atoms with Crippen LogP contribution in [0.1, 0.15) is 36.0 Å². The number of carbonyl (C=O) groups is 2. The number of nitrogens with one attached hydrogen (secondary N) is 3. The molecule has 1 saturated heterocycles.